The summed E-state index contributed by atoms with van der Waals surface area (Å²) in [6.07, 6.45) is -4.45. The highest BCUT2D eigenvalue weighted by atomic mass is 79.9. The summed E-state index contributed by atoms with van der Waals surface area (Å²) in [7, 11) is 0. The third kappa shape index (κ3) is 6.54. The molecule has 2 aromatic rings. The molecule has 39 heavy (non-hydrogen) atoms. The van der Waals surface area contributed by atoms with Gasteiger partial charge >= 0.3 is 12.3 Å². The van der Waals surface area contributed by atoms with Gasteiger partial charge in [-0.1, -0.05) is 28.1 Å². The number of aromatic nitrogens is 1. The zero-order chi connectivity index (χ0) is 28.4. The molecular weight excluding hydrogens is 590 g/mol. The summed E-state index contributed by atoms with van der Waals surface area (Å²) in [5.74, 6) is -1.99. The van der Waals surface area contributed by atoms with Crippen molar-refractivity contribution in [1.29, 1.82) is 0 Å². The number of carboxylic acid groups (broad SMARTS) is 1. The molecule has 14 heteroatoms. The molecule has 9 nitrogen and oxygen atoms in total. The molecule has 0 aliphatic carbocycles. The predicted octanol–water partition coefficient (Wildman–Crippen LogP) is 3.77. The summed E-state index contributed by atoms with van der Waals surface area (Å²) < 4.78 is 53.5. The summed E-state index contributed by atoms with van der Waals surface area (Å²) in [6.45, 7) is -1.82. The molecule has 1 saturated heterocycles. The number of hydrogen-bond donors (Lipinski definition) is 2. The average molecular weight is 614 g/mol. The Labute approximate surface area is 229 Å². The van der Waals surface area contributed by atoms with E-state index in [9.17, 15) is 37.1 Å². The number of nitrogens with one attached hydrogen (secondary N) is 1. The van der Waals surface area contributed by atoms with Gasteiger partial charge in [-0.05, 0) is 42.7 Å². The number of carbonyl (C=O) groups excluding carboxylic acids is 2. The fourth-order valence-corrected chi connectivity index (χ4v) is 5.46. The summed E-state index contributed by atoms with van der Waals surface area (Å²) >= 11 is 3.25. The van der Waals surface area contributed by atoms with Gasteiger partial charge in [0.05, 0.1) is 5.71 Å². The van der Waals surface area contributed by atoms with Gasteiger partial charge in [-0.3, -0.25) is 14.6 Å². The lowest BCUT2D eigenvalue weighted by Gasteiger charge is -2.40. The van der Waals surface area contributed by atoms with Gasteiger partial charge in [0.2, 0.25) is 5.91 Å². The molecule has 2 unspecified atom stereocenters. The molecule has 4 rings (SSSR count). The SMILES string of the molecule is O=C(O)NC(CCc1ccc(F)cc1Br)C(=O)N1CCC2=NN(CC(F)(F)F)C(=O)C2(Cc2ccccn2)C1. The van der Waals surface area contributed by atoms with Crippen molar-refractivity contribution < 1.29 is 37.1 Å². The number of benzene rings is 1. The number of amides is 3. The topological polar surface area (TPSA) is 115 Å². The molecule has 3 heterocycles. The minimum atomic E-state index is -4.68. The largest absolute Gasteiger partial charge is 0.465 e. The van der Waals surface area contributed by atoms with E-state index in [4.69, 9.17) is 0 Å². The van der Waals surface area contributed by atoms with Gasteiger partial charge in [0, 0.05) is 42.3 Å². The molecule has 208 valence electrons. The minimum absolute atomic E-state index is 0.0220. The molecule has 2 N–H and O–H groups in total. The van der Waals surface area contributed by atoms with Crippen molar-refractivity contribution in [2.45, 2.75) is 37.9 Å². The number of alkyl halides is 3. The molecule has 0 spiro atoms. The van der Waals surface area contributed by atoms with Crippen LogP contribution >= 0.6 is 15.9 Å². The summed E-state index contributed by atoms with van der Waals surface area (Å²) in [5.41, 5.74) is -0.260. The Hall–Kier alpha value is -3.55. The first-order valence-electron chi connectivity index (χ1n) is 12.0. The molecule has 2 aliphatic heterocycles. The normalized spacial score (nSPS) is 19.9. The van der Waals surface area contributed by atoms with Crippen molar-refractivity contribution in [2.75, 3.05) is 19.6 Å². The van der Waals surface area contributed by atoms with Crippen LogP contribution in [0.15, 0.2) is 52.2 Å². The van der Waals surface area contributed by atoms with Crippen molar-refractivity contribution in [3.8, 4) is 0 Å². The van der Waals surface area contributed by atoms with Crippen LogP contribution in [0.5, 0.6) is 0 Å². The molecule has 2 atom stereocenters. The lowest BCUT2D eigenvalue weighted by atomic mass is 9.74. The molecule has 3 amide bonds. The first-order chi connectivity index (χ1) is 18.4. The van der Waals surface area contributed by atoms with E-state index in [0.717, 1.165) is 0 Å². The van der Waals surface area contributed by atoms with Crippen LogP contribution in [-0.4, -0.2) is 75.5 Å². The Morgan fingerprint density at radius 3 is 2.64 bits per heavy atom. The van der Waals surface area contributed by atoms with Crippen molar-refractivity contribution >= 4 is 39.5 Å². The fourth-order valence-electron chi connectivity index (χ4n) is 4.91. The zero-order valence-electron chi connectivity index (χ0n) is 20.4. The van der Waals surface area contributed by atoms with E-state index < -0.39 is 47.9 Å². The lowest BCUT2D eigenvalue weighted by Crippen LogP contribution is -2.59. The second-order valence-corrected chi connectivity index (χ2v) is 10.2. The van der Waals surface area contributed by atoms with Crippen LogP contribution in [0.1, 0.15) is 24.1 Å². The number of piperidine rings is 1. The highest BCUT2D eigenvalue weighted by Gasteiger charge is 2.56. The van der Waals surface area contributed by atoms with Crippen LogP contribution in [0.4, 0.5) is 22.4 Å². The van der Waals surface area contributed by atoms with Gasteiger partial charge in [0.1, 0.15) is 23.8 Å². The number of pyridine rings is 1. The smallest absolute Gasteiger partial charge is 0.408 e. The Morgan fingerprint density at radius 1 is 1.23 bits per heavy atom. The third-order valence-electron chi connectivity index (χ3n) is 6.68. The fraction of sp³-hybridized carbons (Fsp3) is 0.400. The van der Waals surface area contributed by atoms with E-state index in [1.807, 2.05) is 0 Å². The molecule has 1 aromatic carbocycles. The number of rotatable bonds is 8. The van der Waals surface area contributed by atoms with Gasteiger partial charge < -0.3 is 15.3 Å². The van der Waals surface area contributed by atoms with Gasteiger partial charge in [0.25, 0.3) is 5.91 Å². The van der Waals surface area contributed by atoms with Crippen LogP contribution in [0.2, 0.25) is 0 Å². The van der Waals surface area contributed by atoms with Gasteiger partial charge in [-0.2, -0.15) is 18.3 Å². The van der Waals surface area contributed by atoms with Gasteiger partial charge in [-0.25, -0.2) is 14.2 Å². The minimum Gasteiger partial charge on any atom is -0.465 e. The second-order valence-electron chi connectivity index (χ2n) is 9.39. The van der Waals surface area contributed by atoms with E-state index >= 15 is 0 Å². The number of hydrazone groups is 1. The second kappa shape index (κ2) is 11.3. The molecular formula is C25H24BrF4N5O4. The van der Waals surface area contributed by atoms with E-state index in [2.05, 4.69) is 31.3 Å². The Bertz CT molecular complexity index is 1290. The van der Waals surface area contributed by atoms with Crippen LogP contribution < -0.4 is 5.32 Å². The molecule has 1 fully saturated rings. The van der Waals surface area contributed by atoms with Gasteiger partial charge in [0.15, 0.2) is 0 Å². The van der Waals surface area contributed by atoms with Crippen LogP contribution in [-0.2, 0) is 22.4 Å². The van der Waals surface area contributed by atoms with Crippen LogP contribution in [0.25, 0.3) is 0 Å². The first kappa shape index (κ1) is 28.5. The molecule has 0 bridgehead atoms. The highest BCUT2D eigenvalue weighted by molar-refractivity contribution is 9.10. The molecule has 2 aliphatic rings. The number of nitrogens with zero attached hydrogens (tertiary/aromatic N) is 4. The van der Waals surface area contributed by atoms with E-state index in [1.165, 1.54) is 29.3 Å². The number of hydrogen-bond acceptors (Lipinski definition) is 5. The number of likely N-dealkylation sites (tertiary alicyclic amines) is 1. The quantitative estimate of drug-likeness (QED) is 0.440. The summed E-state index contributed by atoms with van der Waals surface area (Å²) in [6, 6.07) is 7.75. The first-order valence-corrected chi connectivity index (χ1v) is 12.8. The van der Waals surface area contributed by atoms with Crippen molar-refractivity contribution in [3.63, 3.8) is 0 Å². The highest BCUT2D eigenvalue weighted by Crippen LogP contribution is 2.39. The maximum Gasteiger partial charge on any atom is 0.408 e. The number of carbonyl (C=O) groups is 3. The Kier molecular flexibility index (Phi) is 8.23. The van der Waals surface area contributed by atoms with Crippen molar-refractivity contribution in [2.24, 2.45) is 10.5 Å². The maximum absolute atomic E-state index is 13.6. The summed E-state index contributed by atoms with van der Waals surface area (Å²) in [4.78, 5) is 44.0. The molecule has 0 saturated carbocycles. The number of halogens is 5. The van der Waals surface area contributed by atoms with E-state index in [-0.39, 0.29) is 44.5 Å². The van der Waals surface area contributed by atoms with Crippen LogP contribution in [0, 0.1) is 11.2 Å². The zero-order valence-corrected chi connectivity index (χ0v) is 22.0. The molecule has 0 radical (unpaired) electrons. The van der Waals surface area contributed by atoms with E-state index in [0.29, 0.717) is 20.7 Å². The number of fused-ring (bicyclic) bond motifs is 1. The lowest BCUT2D eigenvalue weighted by molar-refractivity contribution is -0.164. The molecule has 1 aromatic heterocycles. The predicted molar refractivity (Wildman–Crippen MR) is 134 cm³/mol. The summed E-state index contributed by atoms with van der Waals surface area (Å²) in [5, 5.41) is 16.0. The van der Waals surface area contributed by atoms with Crippen molar-refractivity contribution in [1.82, 2.24) is 20.2 Å². The maximum atomic E-state index is 13.6. The van der Waals surface area contributed by atoms with E-state index in [1.54, 1.807) is 18.2 Å². The Morgan fingerprint density at radius 2 is 2.00 bits per heavy atom. The Balaban J connectivity index is 1.59. The standard InChI is InChI=1S/C25H24BrF4N5O4/c26-18-11-16(27)6-4-15(18)5-7-19(32-23(38)39)21(36)34-10-8-20-24(13-34,12-17-3-1-2-9-31-17)22(37)35(33-20)14-25(28,29)30/h1-4,6,9,11,19,32H,5,7-8,10,12-14H2,(H,38,39). The monoisotopic (exact) mass is 613 g/mol. The van der Waals surface area contributed by atoms with Crippen molar-refractivity contribution in [3.05, 3.63) is 64.1 Å². The third-order valence-corrected chi connectivity index (χ3v) is 7.42. The number of aryl methyl sites for hydroxylation is 1. The van der Waals surface area contributed by atoms with Gasteiger partial charge in [-0.15, -0.1) is 0 Å². The van der Waals surface area contributed by atoms with Crippen LogP contribution in [0.3, 0.4) is 0 Å². The average Bonchev–Trinajstić information content (AvgIpc) is 3.11.